The highest BCUT2D eigenvalue weighted by molar-refractivity contribution is 6.24. The standard InChI is InChI=1S/C17H17NO3/c1-3-13-10(2)16(20)18(17(13)21)15-6-4-5-11-7-8-12(19)9-14(11)15/h4-10,13,19H,3H2,1-2H3. The van der Waals surface area contributed by atoms with Crippen LogP contribution in [0.15, 0.2) is 36.4 Å². The second-order valence-corrected chi connectivity index (χ2v) is 5.50. The van der Waals surface area contributed by atoms with Gasteiger partial charge in [0, 0.05) is 11.3 Å². The van der Waals surface area contributed by atoms with E-state index in [4.69, 9.17) is 0 Å². The van der Waals surface area contributed by atoms with Gasteiger partial charge in [0.05, 0.1) is 11.6 Å². The van der Waals surface area contributed by atoms with E-state index in [9.17, 15) is 14.7 Å². The van der Waals surface area contributed by atoms with Crippen molar-refractivity contribution < 1.29 is 14.7 Å². The quantitative estimate of drug-likeness (QED) is 0.862. The van der Waals surface area contributed by atoms with Crippen molar-refractivity contribution in [3.05, 3.63) is 36.4 Å². The van der Waals surface area contributed by atoms with Crippen molar-refractivity contribution in [1.82, 2.24) is 0 Å². The topological polar surface area (TPSA) is 57.6 Å². The third-order valence-corrected chi connectivity index (χ3v) is 4.27. The Hall–Kier alpha value is -2.36. The van der Waals surface area contributed by atoms with Crippen molar-refractivity contribution >= 4 is 28.3 Å². The summed E-state index contributed by atoms with van der Waals surface area (Å²) < 4.78 is 0. The van der Waals surface area contributed by atoms with Crippen molar-refractivity contribution in [3.8, 4) is 5.75 Å². The molecule has 1 aliphatic heterocycles. The zero-order valence-corrected chi connectivity index (χ0v) is 12.0. The van der Waals surface area contributed by atoms with E-state index in [1.165, 1.54) is 4.90 Å². The molecule has 2 amide bonds. The Morgan fingerprint density at radius 3 is 2.57 bits per heavy atom. The van der Waals surface area contributed by atoms with Crippen LogP contribution in [0.2, 0.25) is 0 Å². The summed E-state index contributed by atoms with van der Waals surface area (Å²) in [6, 6.07) is 10.4. The van der Waals surface area contributed by atoms with Crippen molar-refractivity contribution in [1.29, 1.82) is 0 Å². The lowest BCUT2D eigenvalue weighted by Crippen LogP contribution is -2.30. The molecule has 2 atom stereocenters. The molecular weight excluding hydrogens is 266 g/mol. The number of amides is 2. The van der Waals surface area contributed by atoms with Crippen LogP contribution in [0.25, 0.3) is 10.8 Å². The Bertz CT molecular complexity index is 738. The number of phenols is 1. The predicted molar refractivity (Wildman–Crippen MR) is 81.1 cm³/mol. The fourth-order valence-corrected chi connectivity index (χ4v) is 3.07. The van der Waals surface area contributed by atoms with Crippen LogP contribution in [0, 0.1) is 11.8 Å². The molecule has 0 aromatic heterocycles. The smallest absolute Gasteiger partial charge is 0.237 e. The maximum Gasteiger partial charge on any atom is 0.237 e. The maximum absolute atomic E-state index is 12.5. The minimum Gasteiger partial charge on any atom is -0.508 e. The van der Waals surface area contributed by atoms with Gasteiger partial charge in [-0.15, -0.1) is 0 Å². The van der Waals surface area contributed by atoms with Crippen LogP contribution in [0.4, 0.5) is 5.69 Å². The third-order valence-electron chi connectivity index (χ3n) is 4.27. The molecule has 0 radical (unpaired) electrons. The number of rotatable bonds is 2. The van der Waals surface area contributed by atoms with Gasteiger partial charge in [-0.1, -0.05) is 32.0 Å². The number of hydrogen-bond acceptors (Lipinski definition) is 3. The summed E-state index contributed by atoms with van der Waals surface area (Å²) in [5, 5.41) is 11.3. The van der Waals surface area contributed by atoms with Gasteiger partial charge < -0.3 is 5.11 Å². The lowest BCUT2D eigenvalue weighted by Gasteiger charge is -2.17. The highest BCUT2D eigenvalue weighted by atomic mass is 16.3. The van der Waals surface area contributed by atoms with Gasteiger partial charge in [-0.3, -0.25) is 9.59 Å². The molecule has 108 valence electrons. The van der Waals surface area contributed by atoms with Gasteiger partial charge in [0.15, 0.2) is 0 Å². The van der Waals surface area contributed by atoms with Crippen LogP contribution in [-0.4, -0.2) is 16.9 Å². The van der Waals surface area contributed by atoms with Gasteiger partial charge in [-0.25, -0.2) is 4.90 Å². The molecule has 2 aromatic rings. The van der Waals surface area contributed by atoms with Crippen LogP contribution in [0.5, 0.6) is 5.75 Å². The normalized spacial score (nSPS) is 22.3. The van der Waals surface area contributed by atoms with Crippen molar-refractivity contribution in [2.45, 2.75) is 20.3 Å². The minimum atomic E-state index is -0.296. The molecule has 1 saturated heterocycles. The van der Waals surface area contributed by atoms with Gasteiger partial charge in [0.25, 0.3) is 0 Å². The van der Waals surface area contributed by atoms with Crippen molar-refractivity contribution in [3.63, 3.8) is 0 Å². The monoisotopic (exact) mass is 283 g/mol. The van der Waals surface area contributed by atoms with Crippen molar-refractivity contribution in [2.24, 2.45) is 11.8 Å². The number of carbonyl (C=O) groups excluding carboxylic acids is 2. The molecular formula is C17H17NO3. The van der Waals surface area contributed by atoms with E-state index in [2.05, 4.69) is 0 Å². The third kappa shape index (κ3) is 1.98. The highest BCUT2D eigenvalue weighted by Gasteiger charge is 2.44. The van der Waals surface area contributed by atoms with Gasteiger partial charge in [-0.2, -0.15) is 0 Å². The number of anilines is 1. The second kappa shape index (κ2) is 4.88. The molecule has 0 saturated carbocycles. The summed E-state index contributed by atoms with van der Waals surface area (Å²) in [5.41, 5.74) is 0.557. The Labute approximate surface area is 123 Å². The maximum atomic E-state index is 12.5. The molecule has 2 unspecified atom stereocenters. The summed E-state index contributed by atoms with van der Waals surface area (Å²) >= 11 is 0. The molecule has 0 spiro atoms. The number of phenolic OH excluding ortho intramolecular Hbond substituents is 1. The number of carbonyl (C=O) groups is 2. The summed E-state index contributed by atoms with van der Waals surface area (Å²) in [6.45, 7) is 3.72. The number of hydrogen-bond donors (Lipinski definition) is 1. The zero-order chi connectivity index (χ0) is 15.1. The molecule has 1 fully saturated rings. The number of aromatic hydroxyl groups is 1. The first kappa shape index (κ1) is 13.6. The molecule has 0 bridgehead atoms. The first-order valence-electron chi connectivity index (χ1n) is 7.14. The number of fused-ring (bicyclic) bond motifs is 1. The Kier molecular flexibility index (Phi) is 3.16. The van der Waals surface area contributed by atoms with Gasteiger partial charge in [0.1, 0.15) is 5.75 Å². The summed E-state index contributed by atoms with van der Waals surface area (Å²) in [7, 11) is 0. The molecule has 4 nitrogen and oxygen atoms in total. The van der Waals surface area contributed by atoms with Crippen LogP contribution < -0.4 is 4.90 Å². The minimum absolute atomic E-state index is 0.120. The van der Waals surface area contributed by atoms with E-state index in [1.807, 2.05) is 19.1 Å². The van der Waals surface area contributed by atoms with Gasteiger partial charge in [0.2, 0.25) is 11.8 Å². The molecule has 4 heteroatoms. The average Bonchev–Trinajstić information content (AvgIpc) is 2.68. The largest absolute Gasteiger partial charge is 0.508 e. The lowest BCUT2D eigenvalue weighted by molar-refractivity contribution is -0.122. The highest BCUT2D eigenvalue weighted by Crippen LogP contribution is 2.37. The van der Waals surface area contributed by atoms with Crippen LogP contribution >= 0.6 is 0 Å². The summed E-state index contributed by atoms with van der Waals surface area (Å²) in [4.78, 5) is 26.3. The lowest BCUT2D eigenvalue weighted by atomic mass is 9.95. The van der Waals surface area contributed by atoms with Crippen molar-refractivity contribution in [2.75, 3.05) is 4.90 Å². The van der Waals surface area contributed by atoms with Crippen LogP contribution in [-0.2, 0) is 9.59 Å². The SMILES string of the molecule is CCC1C(=O)N(c2cccc3ccc(O)cc23)C(=O)C1C. The Balaban J connectivity index is 2.19. The number of imide groups is 1. The van der Waals surface area contributed by atoms with E-state index in [-0.39, 0.29) is 29.4 Å². The first-order chi connectivity index (χ1) is 10.0. The zero-order valence-electron chi connectivity index (χ0n) is 12.0. The van der Waals surface area contributed by atoms with Gasteiger partial charge in [-0.05, 0) is 30.0 Å². The van der Waals surface area contributed by atoms with Crippen LogP contribution in [0.1, 0.15) is 20.3 Å². The number of benzene rings is 2. The van der Waals surface area contributed by atoms with E-state index in [0.29, 0.717) is 17.5 Å². The average molecular weight is 283 g/mol. The molecule has 0 aliphatic carbocycles. The summed E-state index contributed by atoms with van der Waals surface area (Å²) in [5.74, 6) is -0.747. The van der Waals surface area contributed by atoms with Gasteiger partial charge >= 0.3 is 0 Å². The molecule has 3 rings (SSSR count). The van der Waals surface area contributed by atoms with E-state index >= 15 is 0 Å². The first-order valence-corrected chi connectivity index (χ1v) is 7.14. The molecule has 2 aromatic carbocycles. The van der Waals surface area contributed by atoms with E-state index in [1.54, 1.807) is 31.2 Å². The second-order valence-electron chi connectivity index (χ2n) is 5.50. The van der Waals surface area contributed by atoms with Crippen LogP contribution in [0.3, 0.4) is 0 Å². The predicted octanol–water partition coefficient (Wildman–Crippen LogP) is 3.08. The fraction of sp³-hybridized carbons (Fsp3) is 0.294. The molecule has 1 N–H and O–H groups in total. The fourth-order valence-electron chi connectivity index (χ4n) is 3.07. The molecule has 21 heavy (non-hydrogen) atoms. The Morgan fingerprint density at radius 1 is 1.14 bits per heavy atom. The Morgan fingerprint density at radius 2 is 1.90 bits per heavy atom. The number of nitrogens with zero attached hydrogens (tertiary/aromatic N) is 1. The molecule has 1 heterocycles. The molecule has 1 aliphatic rings. The summed E-state index contributed by atoms with van der Waals surface area (Å²) in [6.07, 6.45) is 0.651. The van der Waals surface area contributed by atoms with E-state index in [0.717, 1.165) is 5.39 Å². The van der Waals surface area contributed by atoms with E-state index < -0.39 is 0 Å².